The third-order valence-corrected chi connectivity index (χ3v) is 23.0. The summed E-state index contributed by atoms with van der Waals surface area (Å²) in [6.45, 7) is 44.3. The number of allylic oxidation sites excluding steroid dienone is 3. The highest BCUT2D eigenvalue weighted by Crippen LogP contribution is 2.60. The molecule has 6 atom stereocenters. The molecule has 0 aliphatic heterocycles. The Balaban J connectivity index is 1.86. The van der Waals surface area contributed by atoms with E-state index in [-0.39, 0.29) is 27.9 Å². The molecule has 0 bridgehead atoms. The molecule has 274 valence electrons. The topological polar surface area (TPSA) is 27.7 Å². The Bertz CT molecular complexity index is 1270. The average molecular weight is 713 g/mol. The summed E-state index contributed by atoms with van der Waals surface area (Å²) in [7, 11) is -5.55. The van der Waals surface area contributed by atoms with Gasteiger partial charge in [0.05, 0.1) is 12.2 Å². The highest BCUT2D eigenvalue weighted by molar-refractivity contribution is 6.74. The quantitative estimate of drug-likeness (QED) is 0.176. The summed E-state index contributed by atoms with van der Waals surface area (Å²) in [5.74, 6) is 9.03. The fourth-order valence-electron chi connectivity index (χ4n) is 8.34. The van der Waals surface area contributed by atoms with Crippen LogP contribution in [-0.4, -0.2) is 42.8 Å². The Morgan fingerprint density at radius 1 is 0.896 bits per heavy atom. The van der Waals surface area contributed by atoms with Crippen LogP contribution in [0.1, 0.15) is 121 Å². The Morgan fingerprint density at radius 3 is 2.04 bits per heavy atom. The van der Waals surface area contributed by atoms with Crippen molar-refractivity contribution in [3.63, 3.8) is 0 Å². The van der Waals surface area contributed by atoms with E-state index in [4.69, 9.17) is 19.9 Å². The van der Waals surface area contributed by atoms with Gasteiger partial charge in [-0.1, -0.05) is 85.6 Å². The first kappa shape index (κ1) is 41.7. The minimum Gasteiger partial charge on any atom is -0.413 e. The molecule has 3 saturated carbocycles. The molecule has 0 radical (unpaired) electrons. The lowest BCUT2D eigenvalue weighted by Crippen LogP contribution is -2.49. The Hall–Kier alpha value is -0.689. The van der Waals surface area contributed by atoms with Crippen molar-refractivity contribution in [2.75, 3.05) is 0 Å². The summed E-state index contributed by atoms with van der Waals surface area (Å²) in [6.07, 6.45) is 14.4. The van der Waals surface area contributed by atoms with Gasteiger partial charge in [0.2, 0.25) is 0 Å². The van der Waals surface area contributed by atoms with E-state index in [1.54, 1.807) is 5.57 Å². The van der Waals surface area contributed by atoms with Crippen LogP contribution < -0.4 is 0 Å². The van der Waals surface area contributed by atoms with Crippen molar-refractivity contribution in [1.82, 2.24) is 0 Å². The van der Waals surface area contributed by atoms with E-state index in [0.717, 1.165) is 19.3 Å². The summed E-state index contributed by atoms with van der Waals surface area (Å²) < 4.78 is 20.6. The SMILES string of the molecule is C=C1/C(=C\C=C2/CCC[C@]3(C)[C@@H]([C@H](C)CC#CC(C)(C)O[Si](C)(C)C)CC[C@@H]23)C[C@@H](O[Si](C)(C)C(C)(C)C)C[C@@H]1O[Si](C)(C)C(C)(C)C. The van der Waals surface area contributed by atoms with Gasteiger partial charge in [0.1, 0.15) is 5.60 Å². The average Bonchev–Trinajstić information content (AvgIpc) is 3.24. The summed E-state index contributed by atoms with van der Waals surface area (Å²) >= 11 is 0. The van der Waals surface area contributed by atoms with Gasteiger partial charge in [0, 0.05) is 12.8 Å². The highest BCUT2D eigenvalue weighted by atomic mass is 28.4. The number of fused-ring (bicyclic) bond motifs is 1. The second kappa shape index (κ2) is 14.7. The van der Waals surface area contributed by atoms with Crippen LogP contribution in [-0.2, 0) is 13.3 Å². The zero-order valence-corrected chi connectivity index (χ0v) is 37.6. The zero-order valence-electron chi connectivity index (χ0n) is 34.6. The molecule has 3 fully saturated rings. The first-order valence-electron chi connectivity index (χ1n) is 19.2. The number of hydrogen-bond acceptors (Lipinski definition) is 3. The van der Waals surface area contributed by atoms with Gasteiger partial charge in [-0.3, -0.25) is 0 Å². The molecule has 0 aromatic heterocycles. The van der Waals surface area contributed by atoms with Gasteiger partial charge in [0.15, 0.2) is 25.0 Å². The predicted octanol–water partition coefficient (Wildman–Crippen LogP) is 12.8. The third-order valence-electron chi connectivity index (χ3n) is 12.8. The van der Waals surface area contributed by atoms with Crippen LogP contribution in [0.15, 0.2) is 35.5 Å². The number of hydrogen-bond donors (Lipinski definition) is 0. The molecule has 0 N–H and O–H groups in total. The van der Waals surface area contributed by atoms with E-state index >= 15 is 0 Å². The van der Waals surface area contributed by atoms with E-state index in [1.807, 2.05) is 0 Å². The largest absolute Gasteiger partial charge is 0.413 e. The van der Waals surface area contributed by atoms with Gasteiger partial charge in [-0.2, -0.15) is 0 Å². The lowest BCUT2D eigenvalue weighted by molar-refractivity contribution is 0.0966. The van der Waals surface area contributed by atoms with Crippen LogP contribution in [0, 0.1) is 35.0 Å². The van der Waals surface area contributed by atoms with Gasteiger partial charge in [-0.05, 0) is 143 Å². The minimum absolute atomic E-state index is 0.0228. The predicted molar refractivity (Wildman–Crippen MR) is 217 cm³/mol. The highest BCUT2D eigenvalue weighted by Gasteiger charge is 2.51. The molecule has 0 spiro atoms. The molecule has 0 heterocycles. The van der Waals surface area contributed by atoms with Gasteiger partial charge < -0.3 is 13.3 Å². The molecular weight excluding hydrogens is 637 g/mol. The van der Waals surface area contributed by atoms with Crippen LogP contribution in [0.5, 0.6) is 0 Å². The second-order valence-corrected chi connectivity index (χ2v) is 34.5. The molecule has 0 aromatic carbocycles. The van der Waals surface area contributed by atoms with E-state index in [2.05, 4.69) is 139 Å². The molecule has 0 amide bonds. The van der Waals surface area contributed by atoms with Crippen molar-refractivity contribution in [3.05, 3.63) is 35.5 Å². The van der Waals surface area contributed by atoms with Gasteiger partial charge in [0.25, 0.3) is 0 Å². The summed E-state index contributed by atoms with van der Waals surface area (Å²) in [5.41, 5.74) is 4.16. The lowest BCUT2D eigenvalue weighted by atomic mass is 9.61. The molecule has 0 aromatic rings. The summed E-state index contributed by atoms with van der Waals surface area (Å²) in [5, 5.41) is 0.327. The van der Waals surface area contributed by atoms with Crippen LogP contribution in [0.2, 0.25) is 55.9 Å². The Morgan fingerprint density at radius 2 is 1.48 bits per heavy atom. The Labute approximate surface area is 301 Å². The van der Waals surface area contributed by atoms with E-state index < -0.39 is 25.0 Å². The molecule has 3 nitrogen and oxygen atoms in total. The summed E-state index contributed by atoms with van der Waals surface area (Å²) in [6, 6.07) is 0. The monoisotopic (exact) mass is 713 g/mol. The van der Waals surface area contributed by atoms with Gasteiger partial charge in [-0.15, -0.1) is 5.92 Å². The lowest BCUT2D eigenvalue weighted by Gasteiger charge is -2.45. The fraction of sp³-hybridized carbons (Fsp3) is 0.810. The molecule has 0 saturated heterocycles. The van der Waals surface area contributed by atoms with Crippen LogP contribution >= 0.6 is 0 Å². The molecule has 3 rings (SSSR count). The molecule has 6 heteroatoms. The second-order valence-electron chi connectivity index (χ2n) is 20.6. The third kappa shape index (κ3) is 10.2. The van der Waals surface area contributed by atoms with E-state index in [0.29, 0.717) is 23.2 Å². The maximum Gasteiger partial charge on any atom is 0.192 e. The van der Waals surface area contributed by atoms with E-state index in [9.17, 15) is 0 Å². The van der Waals surface area contributed by atoms with E-state index in [1.165, 1.54) is 43.3 Å². The van der Waals surface area contributed by atoms with Crippen LogP contribution in [0.4, 0.5) is 0 Å². The smallest absolute Gasteiger partial charge is 0.192 e. The maximum atomic E-state index is 7.11. The molecular formula is C42H76O3Si3. The van der Waals surface area contributed by atoms with Crippen molar-refractivity contribution in [1.29, 1.82) is 0 Å². The Kier molecular flexibility index (Phi) is 12.8. The molecule has 3 aliphatic carbocycles. The van der Waals surface area contributed by atoms with Crippen LogP contribution in [0.3, 0.4) is 0 Å². The standard InChI is InChI=1S/C42H76O3Si3/c1-31(21-19-27-41(9,10)45-46(12,13)14)36-25-26-37-33(22-20-28-42(36,37)11)23-24-34-29-35(43-47(15,16)39(3,4)5)30-38(32(34)2)44-48(17,18)40(6,7)8/h23-24,31,35-38H,2,20-22,25-26,28-30H2,1,3-18H3/b33-23+,34-24-/t31-,35-,36-,37+,38+,42-/m1/s1. The normalized spacial score (nSPS) is 30.3. The van der Waals surface area contributed by atoms with Crippen LogP contribution in [0.25, 0.3) is 0 Å². The van der Waals surface area contributed by atoms with Crippen molar-refractivity contribution in [3.8, 4) is 11.8 Å². The zero-order chi connectivity index (χ0) is 36.7. The maximum absolute atomic E-state index is 7.11. The first-order valence-corrected chi connectivity index (χ1v) is 28.5. The fourth-order valence-corrected chi connectivity index (χ4v) is 12.6. The van der Waals surface area contributed by atoms with Crippen molar-refractivity contribution < 1.29 is 13.3 Å². The minimum atomic E-state index is -1.98. The van der Waals surface area contributed by atoms with Crippen molar-refractivity contribution in [2.45, 2.75) is 194 Å². The summed E-state index contributed by atoms with van der Waals surface area (Å²) in [4.78, 5) is 0. The molecule has 3 aliphatic rings. The van der Waals surface area contributed by atoms with Gasteiger partial charge >= 0.3 is 0 Å². The van der Waals surface area contributed by atoms with Gasteiger partial charge in [-0.25, -0.2) is 0 Å². The number of rotatable bonds is 9. The molecule has 48 heavy (non-hydrogen) atoms. The first-order chi connectivity index (χ1) is 21.6. The van der Waals surface area contributed by atoms with Crippen molar-refractivity contribution in [2.24, 2.45) is 23.2 Å². The molecule has 0 unspecified atom stereocenters. The van der Waals surface area contributed by atoms with Crippen molar-refractivity contribution >= 4 is 25.0 Å².